The second kappa shape index (κ2) is 3.88. The first-order valence-corrected chi connectivity index (χ1v) is 5.32. The zero-order chi connectivity index (χ0) is 12.8. The summed E-state index contributed by atoms with van der Waals surface area (Å²) in [7, 11) is 0. The van der Waals surface area contributed by atoms with E-state index < -0.39 is 17.9 Å². The molecule has 1 aromatic carbocycles. The smallest absolute Gasteiger partial charge is 0.316 e. The number of halogens is 4. The summed E-state index contributed by atoms with van der Waals surface area (Å²) in [5, 5.41) is 0. The topological polar surface area (TPSA) is 74.7 Å². The quantitative estimate of drug-likeness (QED) is 0.755. The number of alkyl halides is 3. The Kier molecular flexibility index (Phi) is 2.78. The van der Waals surface area contributed by atoms with E-state index in [-0.39, 0.29) is 15.6 Å². The molecule has 1 atom stereocenters. The van der Waals surface area contributed by atoms with Crippen LogP contribution in [0.15, 0.2) is 21.4 Å². The van der Waals surface area contributed by atoms with Crippen LogP contribution in [0.2, 0.25) is 0 Å². The molecule has 0 bridgehead atoms. The van der Waals surface area contributed by atoms with Crippen molar-refractivity contribution in [2.24, 2.45) is 5.73 Å². The van der Waals surface area contributed by atoms with Gasteiger partial charge in [-0.15, -0.1) is 0 Å². The number of hydrogen-bond acceptors (Lipinski definition) is 2. The average Bonchev–Trinajstić information content (AvgIpc) is 2.53. The highest BCUT2D eigenvalue weighted by atomic mass is 79.9. The minimum atomic E-state index is -4.53. The van der Waals surface area contributed by atoms with Gasteiger partial charge < -0.3 is 15.7 Å². The predicted molar refractivity (Wildman–Crippen MR) is 59.6 cm³/mol. The van der Waals surface area contributed by atoms with Crippen LogP contribution in [0.4, 0.5) is 13.2 Å². The lowest BCUT2D eigenvalue weighted by atomic mass is 10.1. The fourth-order valence-electron chi connectivity index (χ4n) is 1.49. The third-order valence-electron chi connectivity index (χ3n) is 2.32. The lowest BCUT2D eigenvalue weighted by Crippen LogP contribution is -2.28. The zero-order valence-electron chi connectivity index (χ0n) is 8.23. The van der Waals surface area contributed by atoms with Gasteiger partial charge in [0.15, 0.2) is 0 Å². The van der Waals surface area contributed by atoms with Crippen molar-refractivity contribution in [1.29, 1.82) is 0 Å². The number of H-pyrrole nitrogens is 2. The fourth-order valence-corrected chi connectivity index (χ4v) is 2.08. The van der Waals surface area contributed by atoms with Crippen molar-refractivity contribution < 1.29 is 13.2 Å². The van der Waals surface area contributed by atoms with Gasteiger partial charge in [0.25, 0.3) is 0 Å². The van der Waals surface area contributed by atoms with Crippen LogP contribution in [0.1, 0.15) is 11.6 Å². The predicted octanol–water partition coefficient (Wildman–Crippen LogP) is 2.18. The van der Waals surface area contributed by atoms with Crippen molar-refractivity contribution in [3.63, 3.8) is 0 Å². The summed E-state index contributed by atoms with van der Waals surface area (Å²) in [6.45, 7) is 0. The molecule has 0 aliphatic carbocycles. The summed E-state index contributed by atoms with van der Waals surface area (Å²) in [5.41, 5.74) is 5.21. The Labute approximate surface area is 101 Å². The van der Waals surface area contributed by atoms with Gasteiger partial charge in [0, 0.05) is 4.47 Å². The van der Waals surface area contributed by atoms with Gasteiger partial charge in [-0.05, 0) is 17.7 Å². The molecule has 0 spiro atoms. The van der Waals surface area contributed by atoms with Gasteiger partial charge in [-0.3, -0.25) is 0 Å². The molecule has 1 heterocycles. The number of imidazole rings is 1. The molecule has 4 nitrogen and oxygen atoms in total. The minimum Gasteiger partial charge on any atom is -0.316 e. The maximum absolute atomic E-state index is 12.5. The number of aromatic nitrogens is 2. The number of nitrogens with one attached hydrogen (secondary N) is 2. The third-order valence-corrected chi connectivity index (χ3v) is 3.01. The first-order valence-electron chi connectivity index (χ1n) is 4.53. The zero-order valence-corrected chi connectivity index (χ0v) is 9.82. The Balaban J connectivity index is 2.61. The molecular weight excluding hydrogens is 303 g/mol. The average molecular weight is 310 g/mol. The lowest BCUT2D eigenvalue weighted by Gasteiger charge is -2.17. The summed E-state index contributed by atoms with van der Waals surface area (Å²) in [6, 6.07) is 0.489. The maximum Gasteiger partial charge on any atom is 0.407 e. The Hall–Kier alpha value is -1.28. The van der Waals surface area contributed by atoms with E-state index in [0.29, 0.717) is 5.52 Å². The first kappa shape index (κ1) is 12.2. The summed E-state index contributed by atoms with van der Waals surface area (Å²) in [4.78, 5) is 15.8. The molecule has 2 aromatic rings. The normalized spacial score (nSPS) is 14.2. The Morgan fingerprint density at radius 1 is 1.24 bits per heavy atom. The van der Waals surface area contributed by atoms with Crippen molar-refractivity contribution in [2.75, 3.05) is 0 Å². The molecule has 0 aliphatic rings. The van der Waals surface area contributed by atoms with Crippen molar-refractivity contribution in [3.05, 3.63) is 32.7 Å². The largest absolute Gasteiger partial charge is 0.407 e. The molecule has 8 heteroatoms. The molecule has 4 N–H and O–H groups in total. The van der Waals surface area contributed by atoms with Crippen LogP contribution in [0.25, 0.3) is 11.0 Å². The fraction of sp³-hybridized carbons (Fsp3) is 0.222. The van der Waals surface area contributed by atoms with Gasteiger partial charge in [0.05, 0.1) is 11.0 Å². The molecule has 17 heavy (non-hydrogen) atoms. The van der Waals surface area contributed by atoms with Gasteiger partial charge >= 0.3 is 11.9 Å². The van der Waals surface area contributed by atoms with Crippen LogP contribution >= 0.6 is 15.9 Å². The summed E-state index contributed by atoms with van der Waals surface area (Å²) < 4.78 is 37.7. The molecule has 1 aromatic heterocycles. The van der Waals surface area contributed by atoms with Gasteiger partial charge in [-0.1, -0.05) is 15.9 Å². The number of rotatable bonds is 1. The molecule has 0 saturated heterocycles. The van der Waals surface area contributed by atoms with Gasteiger partial charge in [0.1, 0.15) is 6.04 Å². The van der Waals surface area contributed by atoms with Crippen LogP contribution < -0.4 is 11.4 Å². The molecule has 92 valence electrons. The van der Waals surface area contributed by atoms with E-state index in [4.69, 9.17) is 5.73 Å². The van der Waals surface area contributed by atoms with Crippen LogP contribution in [0.3, 0.4) is 0 Å². The van der Waals surface area contributed by atoms with Crippen molar-refractivity contribution >= 4 is 27.0 Å². The van der Waals surface area contributed by atoms with Gasteiger partial charge in [-0.25, -0.2) is 4.79 Å². The van der Waals surface area contributed by atoms with E-state index in [9.17, 15) is 18.0 Å². The number of aromatic amines is 2. The van der Waals surface area contributed by atoms with Crippen molar-refractivity contribution in [2.45, 2.75) is 12.2 Å². The number of nitrogens with two attached hydrogens (primary N) is 1. The van der Waals surface area contributed by atoms with E-state index >= 15 is 0 Å². The van der Waals surface area contributed by atoms with Crippen LogP contribution in [-0.2, 0) is 0 Å². The number of benzene rings is 1. The highest BCUT2D eigenvalue weighted by molar-refractivity contribution is 9.10. The van der Waals surface area contributed by atoms with Crippen LogP contribution in [-0.4, -0.2) is 16.1 Å². The molecule has 0 fully saturated rings. The summed E-state index contributed by atoms with van der Waals surface area (Å²) in [6.07, 6.45) is -4.53. The van der Waals surface area contributed by atoms with E-state index in [0.717, 1.165) is 0 Å². The maximum atomic E-state index is 12.5. The van der Waals surface area contributed by atoms with Gasteiger partial charge in [0.2, 0.25) is 0 Å². The number of fused-ring (bicyclic) bond motifs is 1. The van der Waals surface area contributed by atoms with E-state index in [1.807, 2.05) is 0 Å². The lowest BCUT2D eigenvalue weighted by molar-refractivity contribution is -0.149. The first-order chi connectivity index (χ1) is 7.79. The highest BCUT2D eigenvalue weighted by Crippen LogP contribution is 2.35. The Morgan fingerprint density at radius 2 is 1.76 bits per heavy atom. The Morgan fingerprint density at radius 3 is 2.29 bits per heavy atom. The molecular formula is C9H7BrF3N3O. The Bertz CT molecular complexity index is 616. The van der Waals surface area contributed by atoms with E-state index in [1.165, 1.54) is 12.1 Å². The van der Waals surface area contributed by atoms with Crippen LogP contribution in [0.5, 0.6) is 0 Å². The van der Waals surface area contributed by atoms with E-state index in [2.05, 4.69) is 25.9 Å². The molecule has 1 unspecified atom stereocenters. The van der Waals surface area contributed by atoms with Gasteiger partial charge in [-0.2, -0.15) is 13.2 Å². The monoisotopic (exact) mass is 309 g/mol. The number of hydrogen-bond donors (Lipinski definition) is 3. The second-order valence-electron chi connectivity index (χ2n) is 3.52. The second-order valence-corrected chi connectivity index (χ2v) is 4.37. The summed E-state index contributed by atoms with van der Waals surface area (Å²) in [5.74, 6) is 0. The van der Waals surface area contributed by atoms with Crippen molar-refractivity contribution in [1.82, 2.24) is 9.97 Å². The SMILES string of the molecule is NC(c1cc2[nH]c(=O)[nH]c2cc1Br)C(F)(F)F. The minimum absolute atomic E-state index is 0.125. The standard InChI is InChI=1S/C9H7BrF3N3O/c10-4-2-6-5(15-8(17)16-6)1-3(4)7(14)9(11,12)13/h1-2,7H,14H2,(H2,15,16,17). The van der Waals surface area contributed by atoms with Crippen molar-refractivity contribution in [3.8, 4) is 0 Å². The highest BCUT2D eigenvalue weighted by Gasteiger charge is 2.39. The molecule has 0 aliphatic heterocycles. The molecule has 0 radical (unpaired) electrons. The third kappa shape index (κ3) is 2.22. The molecule has 0 saturated carbocycles. The molecule has 0 amide bonds. The van der Waals surface area contributed by atoms with E-state index in [1.54, 1.807) is 0 Å². The van der Waals surface area contributed by atoms with Crippen LogP contribution in [0, 0.1) is 0 Å². The summed E-state index contributed by atoms with van der Waals surface area (Å²) >= 11 is 3.00. The molecule has 2 rings (SSSR count).